The quantitative estimate of drug-likeness (QED) is 0.741. The van der Waals surface area contributed by atoms with Crippen LogP contribution in [0.5, 0.6) is 0 Å². The summed E-state index contributed by atoms with van der Waals surface area (Å²) in [5.74, 6) is -0.558. The zero-order chi connectivity index (χ0) is 10.7. The van der Waals surface area contributed by atoms with Crippen LogP contribution in [-0.4, -0.2) is 20.6 Å². The molecule has 0 aromatic carbocycles. The van der Waals surface area contributed by atoms with Crippen LogP contribution in [0.25, 0.3) is 0 Å². The van der Waals surface area contributed by atoms with Crippen molar-refractivity contribution in [3.63, 3.8) is 0 Å². The molecule has 0 saturated carbocycles. The van der Waals surface area contributed by atoms with E-state index in [2.05, 4.69) is 18.8 Å². The van der Waals surface area contributed by atoms with Gasteiger partial charge in [0.05, 0.1) is 12.0 Å². The van der Waals surface area contributed by atoms with E-state index in [9.17, 15) is 4.79 Å². The summed E-state index contributed by atoms with van der Waals surface area (Å²) in [6, 6.07) is -1.02. The van der Waals surface area contributed by atoms with Crippen molar-refractivity contribution in [1.82, 2.24) is 9.55 Å². The molecular formula is C9H15N3O2. The second-order valence-corrected chi connectivity index (χ2v) is 3.71. The first-order valence-electron chi connectivity index (χ1n) is 4.50. The maximum absolute atomic E-state index is 10.6. The fourth-order valence-corrected chi connectivity index (χ4v) is 1.19. The first-order chi connectivity index (χ1) is 6.50. The standard InChI is InChI=1S/C9H15N3O2/c1-6(2)3-12-4-7(11-5-12)8(10)9(13)14/h4-6,8H,3,10H2,1-2H3,(H,13,14). The van der Waals surface area contributed by atoms with E-state index < -0.39 is 12.0 Å². The molecule has 14 heavy (non-hydrogen) atoms. The van der Waals surface area contributed by atoms with Crippen molar-refractivity contribution < 1.29 is 9.90 Å². The van der Waals surface area contributed by atoms with Gasteiger partial charge in [-0.2, -0.15) is 0 Å². The van der Waals surface area contributed by atoms with Crippen molar-refractivity contribution in [1.29, 1.82) is 0 Å². The van der Waals surface area contributed by atoms with Crippen LogP contribution in [0.1, 0.15) is 25.6 Å². The first kappa shape index (κ1) is 10.7. The van der Waals surface area contributed by atoms with Gasteiger partial charge in [0.15, 0.2) is 0 Å². The molecule has 0 spiro atoms. The molecule has 1 aromatic rings. The Bertz CT molecular complexity index is 320. The molecule has 0 radical (unpaired) electrons. The van der Waals surface area contributed by atoms with Crippen LogP contribution in [0.4, 0.5) is 0 Å². The third kappa shape index (κ3) is 2.56. The van der Waals surface area contributed by atoms with Gasteiger partial charge in [0.1, 0.15) is 6.04 Å². The van der Waals surface area contributed by atoms with Crippen LogP contribution < -0.4 is 5.73 Å². The molecule has 0 aliphatic heterocycles. The van der Waals surface area contributed by atoms with Gasteiger partial charge >= 0.3 is 5.97 Å². The number of imidazole rings is 1. The molecule has 0 bridgehead atoms. The molecule has 0 saturated heterocycles. The maximum atomic E-state index is 10.6. The minimum atomic E-state index is -1.06. The third-order valence-electron chi connectivity index (χ3n) is 1.81. The summed E-state index contributed by atoms with van der Waals surface area (Å²) in [7, 11) is 0. The van der Waals surface area contributed by atoms with Crippen molar-refractivity contribution in [2.24, 2.45) is 11.7 Å². The predicted octanol–water partition coefficient (Wildman–Crippen LogP) is 0.623. The lowest BCUT2D eigenvalue weighted by Gasteiger charge is -2.04. The smallest absolute Gasteiger partial charge is 0.326 e. The van der Waals surface area contributed by atoms with Crippen LogP contribution >= 0.6 is 0 Å². The van der Waals surface area contributed by atoms with Crippen LogP contribution in [0.15, 0.2) is 12.5 Å². The Morgan fingerprint density at radius 1 is 1.71 bits per heavy atom. The fraction of sp³-hybridized carbons (Fsp3) is 0.556. The van der Waals surface area contributed by atoms with Gasteiger partial charge in [-0.05, 0) is 5.92 Å². The molecule has 0 amide bonds. The average molecular weight is 197 g/mol. The average Bonchev–Trinajstić information content (AvgIpc) is 2.50. The van der Waals surface area contributed by atoms with Gasteiger partial charge in [-0.1, -0.05) is 13.8 Å². The number of aliphatic carboxylic acids is 1. The zero-order valence-electron chi connectivity index (χ0n) is 8.34. The molecule has 1 unspecified atom stereocenters. The van der Waals surface area contributed by atoms with E-state index >= 15 is 0 Å². The summed E-state index contributed by atoms with van der Waals surface area (Å²) in [5.41, 5.74) is 5.81. The summed E-state index contributed by atoms with van der Waals surface area (Å²) in [6.45, 7) is 4.98. The Balaban J connectivity index is 2.72. The number of nitrogens with zero attached hydrogens (tertiary/aromatic N) is 2. The van der Waals surface area contributed by atoms with Gasteiger partial charge in [-0.25, -0.2) is 4.98 Å². The van der Waals surface area contributed by atoms with Gasteiger partial charge in [0, 0.05) is 12.7 Å². The Kier molecular flexibility index (Phi) is 3.24. The molecule has 0 aliphatic rings. The number of nitrogens with two attached hydrogens (primary N) is 1. The number of carbonyl (C=O) groups is 1. The maximum Gasteiger partial charge on any atom is 0.326 e. The molecule has 0 aliphatic carbocycles. The van der Waals surface area contributed by atoms with Gasteiger partial charge in [0.25, 0.3) is 0 Å². The van der Waals surface area contributed by atoms with E-state index in [1.54, 1.807) is 12.5 Å². The predicted molar refractivity (Wildman–Crippen MR) is 51.6 cm³/mol. The summed E-state index contributed by atoms with van der Waals surface area (Å²) in [4.78, 5) is 14.5. The Hall–Kier alpha value is -1.36. The minimum Gasteiger partial charge on any atom is -0.480 e. The highest BCUT2D eigenvalue weighted by Gasteiger charge is 2.16. The number of aromatic nitrogens is 2. The topological polar surface area (TPSA) is 81.1 Å². The number of hydrogen-bond donors (Lipinski definition) is 2. The highest BCUT2D eigenvalue weighted by molar-refractivity contribution is 5.74. The van der Waals surface area contributed by atoms with Crippen molar-refractivity contribution in [3.8, 4) is 0 Å². The molecule has 1 rings (SSSR count). The molecule has 5 nitrogen and oxygen atoms in total. The van der Waals surface area contributed by atoms with E-state index in [1.807, 2.05) is 4.57 Å². The van der Waals surface area contributed by atoms with Crippen molar-refractivity contribution >= 4 is 5.97 Å². The van der Waals surface area contributed by atoms with Crippen molar-refractivity contribution in [2.75, 3.05) is 0 Å². The summed E-state index contributed by atoms with van der Waals surface area (Å²) < 4.78 is 1.85. The van der Waals surface area contributed by atoms with Crippen molar-refractivity contribution in [3.05, 3.63) is 18.2 Å². The molecule has 78 valence electrons. The highest BCUT2D eigenvalue weighted by atomic mass is 16.4. The monoisotopic (exact) mass is 197 g/mol. The van der Waals surface area contributed by atoms with Crippen LogP contribution in [-0.2, 0) is 11.3 Å². The molecule has 3 N–H and O–H groups in total. The van der Waals surface area contributed by atoms with E-state index in [4.69, 9.17) is 10.8 Å². The summed E-state index contributed by atoms with van der Waals surface area (Å²) in [5, 5.41) is 8.65. The number of carboxylic acids is 1. The normalized spacial score (nSPS) is 13.1. The second kappa shape index (κ2) is 4.23. The van der Waals surface area contributed by atoms with E-state index in [0.717, 1.165) is 6.54 Å². The molecule has 5 heteroatoms. The first-order valence-corrected chi connectivity index (χ1v) is 4.50. The van der Waals surface area contributed by atoms with Gasteiger partial charge < -0.3 is 15.4 Å². The Labute approximate surface area is 82.6 Å². The lowest BCUT2D eigenvalue weighted by Crippen LogP contribution is -2.20. The number of rotatable bonds is 4. The summed E-state index contributed by atoms with van der Waals surface area (Å²) >= 11 is 0. The van der Waals surface area contributed by atoms with E-state index in [0.29, 0.717) is 11.6 Å². The van der Waals surface area contributed by atoms with E-state index in [-0.39, 0.29) is 0 Å². The zero-order valence-corrected chi connectivity index (χ0v) is 8.34. The summed E-state index contributed by atoms with van der Waals surface area (Å²) in [6.07, 6.45) is 3.29. The molecule has 1 aromatic heterocycles. The fourth-order valence-electron chi connectivity index (χ4n) is 1.19. The molecular weight excluding hydrogens is 182 g/mol. The van der Waals surface area contributed by atoms with Gasteiger partial charge in [-0.15, -0.1) is 0 Å². The van der Waals surface area contributed by atoms with Gasteiger partial charge in [-0.3, -0.25) is 4.79 Å². The van der Waals surface area contributed by atoms with E-state index in [1.165, 1.54) is 0 Å². The molecule has 1 heterocycles. The van der Waals surface area contributed by atoms with Crippen LogP contribution in [0.3, 0.4) is 0 Å². The minimum absolute atomic E-state index is 0.401. The Morgan fingerprint density at radius 2 is 2.36 bits per heavy atom. The third-order valence-corrected chi connectivity index (χ3v) is 1.81. The molecule has 0 fully saturated rings. The SMILES string of the molecule is CC(C)Cn1cnc(C(N)C(=O)O)c1. The molecule has 1 atom stereocenters. The lowest BCUT2D eigenvalue weighted by atomic mass is 10.2. The van der Waals surface area contributed by atoms with Gasteiger partial charge in [0.2, 0.25) is 0 Å². The largest absolute Gasteiger partial charge is 0.480 e. The number of carboxylic acid groups (broad SMARTS) is 1. The lowest BCUT2D eigenvalue weighted by molar-refractivity contribution is -0.138. The van der Waals surface area contributed by atoms with Crippen LogP contribution in [0.2, 0.25) is 0 Å². The second-order valence-electron chi connectivity index (χ2n) is 3.71. The highest BCUT2D eigenvalue weighted by Crippen LogP contribution is 2.08. The van der Waals surface area contributed by atoms with Crippen molar-refractivity contribution in [2.45, 2.75) is 26.4 Å². The van der Waals surface area contributed by atoms with Crippen LogP contribution in [0, 0.1) is 5.92 Å². The number of hydrogen-bond acceptors (Lipinski definition) is 3. The Morgan fingerprint density at radius 3 is 2.86 bits per heavy atom.